The summed E-state index contributed by atoms with van der Waals surface area (Å²) < 4.78 is 26.6. The number of hydrogen-bond donors (Lipinski definition) is 2. The molecule has 3 atom stereocenters. The van der Waals surface area contributed by atoms with Gasteiger partial charge in [-0.2, -0.15) is 0 Å². The summed E-state index contributed by atoms with van der Waals surface area (Å²) >= 11 is 6.12. The van der Waals surface area contributed by atoms with E-state index in [1.54, 1.807) is 16.4 Å². The van der Waals surface area contributed by atoms with E-state index >= 15 is 0 Å². The predicted molar refractivity (Wildman–Crippen MR) is 178 cm³/mol. The van der Waals surface area contributed by atoms with Crippen LogP contribution in [0.2, 0.25) is 5.02 Å². The highest BCUT2D eigenvalue weighted by atomic mass is 35.5. The number of sulfonamides is 1. The number of fused-ring (bicyclic) bond motifs is 1. The van der Waals surface area contributed by atoms with Gasteiger partial charge in [-0.15, -0.1) is 0 Å². The van der Waals surface area contributed by atoms with E-state index in [1.807, 2.05) is 36.1 Å². The minimum atomic E-state index is -3.30. The number of carbonyl (C=O) groups is 2. The summed E-state index contributed by atoms with van der Waals surface area (Å²) in [6, 6.07) is 14.9. The molecule has 9 nitrogen and oxygen atoms in total. The number of benzene rings is 2. The molecule has 2 unspecified atom stereocenters. The summed E-state index contributed by atoms with van der Waals surface area (Å²) in [5, 5.41) is 7.13. The molecule has 0 spiro atoms. The average Bonchev–Trinajstić information content (AvgIpc) is 3.44. The summed E-state index contributed by atoms with van der Waals surface area (Å²) in [7, 11) is -3.30. The zero-order valence-electron chi connectivity index (χ0n) is 26.6. The molecule has 3 aliphatic rings. The van der Waals surface area contributed by atoms with E-state index in [-0.39, 0.29) is 30.3 Å². The van der Waals surface area contributed by atoms with Gasteiger partial charge in [0.25, 0.3) is 0 Å². The number of rotatable bonds is 12. The van der Waals surface area contributed by atoms with Gasteiger partial charge in [-0.1, -0.05) is 74.2 Å². The van der Waals surface area contributed by atoms with Crippen molar-refractivity contribution in [3.8, 4) is 0 Å². The third-order valence-corrected chi connectivity index (χ3v) is 11.4. The van der Waals surface area contributed by atoms with Crippen molar-refractivity contribution in [2.24, 2.45) is 5.92 Å². The van der Waals surface area contributed by atoms with Crippen LogP contribution in [-0.4, -0.2) is 91.9 Å². The van der Waals surface area contributed by atoms with Crippen LogP contribution in [0.25, 0.3) is 0 Å². The van der Waals surface area contributed by atoms with Gasteiger partial charge < -0.3 is 15.5 Å². The molecular weight excluding hydrogens is 610 g/mol. The molecule has 0 bridgehead atoms. The van der Waals surface area contributed by atoms with Crippen LogP contribution in [0, 0.1) is 5.92 Å². The predicted octanol–water partition coefficient (Wildman–Crippen LogP) is 3.98. The highest BCUT2D eigenvalue weighted by molar-refractivity contribution is 7.88. The van der Waals surface area contributed by atoms with Crippen molar-refractivity contribution in [2.45, 2.75) is 76.5 Å². The van der Waals surface area contributed by atoms with Crippen molar-refractivity contribution in [3.63, 3.8) is 0 Å². The maximum atomic E-state index is 14.0. The molecule has 2 amide bonds. The number of nitrogens with zero attached hydrogens (tertiary/aromatic N) is 3. The van der Waals surface area contributed by atoms with Gasteiger partial charge in [-0.3, -0.25) is 14.5 Å². The highest BCUT2D eigenvalue weighted by Crippen LogP contribution is 2.31. The molecule has 2 heterocycles. The first-order chi connectivity index (χ1) is 21.6. The Morgan fingerprint density at radius 2 is 1.71 bits per heavy atom. The molecule has 1 saturated heterocycles. The average molecular weight is 658 g/mol. The SMILES string of the molecule is CCN(CC(C1CCCCC1)N1CCN(C(=O)[C@@H](Cc2ccc(Cl)cc2)NC(=O)CC2NCc3ccccc32)CC1)S(C)(=O)=O. The lowest BCUT2D eigenvalue weighted by atomic mass is 9.83. The Labute approximate surface area is 273 Å². The van der Waals surface area contributed by atoms with Crippen LogP contribution in [-0.2, 0) is 32.6 Å². The molecule has 2 fully saturated rings. The largest absolute Gasteiger partial charge is 0.344 e. The van der Waals surface area contributed by atoms with Crippen LogP contribution in [0.1, 0.15) is 68.2 Å². The summed E-state index contributed by atoms with van der Waals surface area (Å²) in [5.74, 6) is 0.203. The van der Waals surface area contributed by atoms with Crippen LogP contribution in [0.4, 0.5) is 0 Å². The fourth-order valence-corrected chi connectivity index (χ4v) is 8.36. The van der Waals surface area contributed by atoms with E-state index in [1.165, 1.54) is 31.1 Å². The summed E-state index contributed by atoms with van der Waals surface area (Å²) in [4.78, 5) is 31.7. The smallest absolute Gasteiger partial charge is 0.245 e. The Kier molecular flexibility index (Phi) is 11.6. The van der Waals surface area contributed by atoms with Crippen molar-refractivity contribution >= 4 is 33.4 Å². The molecule has 0 aromatic heterocycles. The lowest BCUT2D eigenvalue weighted by Crippen LogP contribution is -2.59. The molecule has 2 N–H and O–H groups in total. The normalized spacial score (nSPS) is 21.0. The van der Waals surface area contributed by atoms with Crippen molar-refractivity contribution in [1.82, 2.24) is 24.7 Å². The van der Waals surface area contributed by atoms with Gasteiger partial charge in [0.05, 0.1) is 6.26 Å². The van der Waals surface area contributed by atoms with Crippen LogP contribution < -0.4 is 10.6 Å². The number of amides is 2. The Morgan fingerprint density at radius 3 is 2.38 bits per heavy atom. The summed E-state index contributed by atoms with van der Waals surface area (Å²) in [6.45, 7) is 6.00. The Bertz CT molecular complexity index is 1410. The number of carbonyl (C=O) groups excluding carboxylic acids is 2. The maximum absolute atomic E-state index is 14.0. The summed E-state index contributed by atoms with van der Waals surface area (Å²) in [6.07, 6.45) is 7.74. The number of halogens is 1. The second-order valence-corrected chi connectivity index (χ2v) is 15.2. The fraction of sp³-hybridized carbons (Fsp3) is 0.588. The highest BCUT2D eigenvalue weighted by Gasteiger charge is 2.36. The molecule has 1 saturated carbocycles. The molecule has 11 heteroatoms. The molecule has 2 aromatic carbocycles. The van der Waals surface area contributed by atoms with E-state index in [2.05, 4.69) is 27.7 Å². The molecule has 246 valence electrons. The minimum absolute atomic E-state index is 0.0811. The number of piperazine rings is 1. The summed E-state index contributed by atoms with van der Waals surface area (Å²) in [5.41, 5.74) is 3.26. The van der Waals surface area contributed by atoms with Crippen molar-refractivity contribution in [2.75, 3.05) is 45.5 Å². The zero-order valence-corrected chi connectivity index (χ0v) is 28.2. The van der Waals surface area contributed by atoms with Gasteiger partial charge in [-0.05, 0) is 47.6 Å². The van der Waals surface area contributed by atoms with Gasteiger partial charge in [0.1, 0.15) is 6.04 Å². The third kappa shape index (κ3) is 8.86. The van der Waals surface area contributed by atoms with E-state index in [9.17, 15) is 18.0 Å². The number of likely N-dealkylation sites (N-methyl/N-ethyl adjacent to an activating group) is 1. The topological polar surface area (TPSA) is 102 Å². The molecule has 2 aliphatic heterocycles. The van der Waals surface area contributed by atoms with Crippen molar-refractivity contribution < 1.29 is 18.0 Å². The maximum Gasteiger partial charge on any atom is 0.245 e. The molecule has 2 aromatic rings. The first-order valence-corrected chi connectivity index (χ1v) is 18.7. The van der Waals surface area contributed by atoms with Crippen molar-refractivity contribution in [3.05, 3.63) is 70.2 Å². The Morgan fingerprint density at radius 1 is 1.02 bits per heavy atom. The second-order valence-electron chi connectivity index (χ2n) is 12.8. The lowest BCUT2D eigenvalue weighted by Gasteiger charge is -2.45. The lowest BCUT2D eigenvalue weighted by molar-refractivity contribution is -0.138. The fourth-order valence-electron chi connectivity index (χ4n) is 7.34. The minimum Gasteiger partial charge on any atom is -0.344 e. The molecule has 5 rings (SSSR count). The number of hydrogen-bond acceptors (Lipinski definition) is 6. The van der Waals surface area contributed by atoms with E-state index in [0.29, 0.717) is 56.6 Å². The molecule has 1 aliphatic carbocycles. The number of nitrogens with one attached hydrogen (secondary N) is 2. The molecule has 0 radical (unpaired) electrons. The first kappa shape index (κ1) is 33.9. The van der Waals surface area contributed by atoms with Crippen LogP contribution in [0.15, 0.2) is 48.5 Å². The monoisotopic (exact) mass is 657 g/mol. The second kappa shape index (κ2) is 15.4. The van der Waals surface area contributed by atoms with Crippen LogP contribution in [0.3, 0.4) is 0 Å². The Balaban J connectivity index is 1.26. The van der Waals surface area contributed by atoms with Gasteiger partial charge >= 0.3 is 0 Å². The standard InChI is InChI=1S/C34H48ClN5O4S/c1-3-40(45(2,43)44)24-32(26-9-5-4-6-10-26)38-17-19-39(20-18-38)34(42)31(21-25-13-15-28(35)16-14-25)37-33(41)22-30-29-12-8-7-11-27(29)23-36-30/h7-8,11-16,26,30-32,36H,3-6,9-10,17-24H2,1-2H3,(H,37,41)/t30?,31-,32?/m1/s1. The van der Waals surface area contributed by atoms with E-state index in [0.717, 1.165) is 30.5 Å². The van der Waals surface area contributed by atoms with Crippen molar-refractivity contribution in [1.29, 1.82) is 0 Å². The van der Waals surface area contributed by atoms with Gasteiger partial charge in [0.15, 0.2) is 0 Å². The van der Waals surface area contributed by atoms with E-state index < -0.39 is 16.1 Å². The molecule has 45 heavy (non-hydrogen) atoms. The third-order valence-electron chi connectivity index (χ3n) is 9.85. The van der Waals surface area contributed by atoms with Gasteiger partial charge in [0, 0.05) is 75.8 Å². The first-order valence-electron chi connectivity index (χ1n) is 16.4. The van der Waals surface area contributed by atoms with Gasteiger partial charge in [0.2, 0.25) is 21.8 Å². The zero-order chi connectivity index (χ0) is 32.0. The van der Waals surface area contributed by atoms with Gasteiger partial charge in [-0.25, -0.2) is 12.7 Å². The quantitative estimate of drug-likeness (QED) is 0.358. The van der Waals surface area contributed by atoms with E-state index in [4.69, 9.17) is 11.6 Å². The van der Waals surface area contributed by atoms with Crippen LogP contribution >= 0.6 is 11.6 Å². The Hall–Kier alpha value is -2.50. The molecular formula is C34H48ClN5O4S. The van der Waals surface area contributed by atoms with Crippen LogP contribution in [0.5, 0.6) is 0 Å².